The first-order valence-electron chi connectivity index (χ1n) is 9.55. The van der Waals surface area contributed by atoms with Crippen molar-refractivity contribution in [2.75, 3.05) is 0 Å². The van der Waals surface area contributed by atoms with Crippen LogP contribution in [0.1, 0.15) is 77.0 Å². The molecule has 0 amide bonds. The zero-order valence-electron chi connectivity index (χ0n) is 15.5. The molecule has 2 saturated carbocycles. The van der Waals surface area contributed by atoms with Gasteiger partial charge in [0.1, 0.15) is 11.2 Å². The molecule has 0 aliphatic heterocycles. The van der Waals surface area contributed by atoms with Gasteiger partial charge in [0.15, 0.2) is 0 Å². The van der Waals surface area contributed by atoms with Gasteiger partial charge in [-0.05, 0) is 51.4 Å². The summed E-state index contributed by atoms with van der Waals surface area (Å²) in [6, 6.07) is 0. The highest BCUT2D eigenvalue weighted by Crippen LogP contribution is 2.36. The molecule has 6 heteroatoms. The van der Waals surface area contributed by atoms with E-state index in [9.17, 15) is 9.59 Å². The van der Waals surface area contributed by atoms with Gasteiger partial charge in [-0.2, -0.15) is 19.4 Å². The van der Waals surface area contributed by atoms with Crippen molar-refractivity contribution in [1.29, 1.82) is 0 Å². The molecule has 6 nitrogen and oxygen atoms in total. The average molecular weight is 366 g/mol. The summed E-state index contributed by atoms with van der Waals surface area (Å²) in [7, 11) is 0. The summed E-state index contributed by atoms with van der Waals surface area (Å²) < 4.78 is 10.9. The highest BCUT2D eigenvalue weighted by molar-refractivity contribution is 5.64. The van der Waals surface area contributed by atoms with E-state index in [-0.39, 0.29) is 0 Å². The molecule has 0 spiro atoms. The number of carbonyl (C=O) groups is 2. The Balaban J connectivity index is 1.82. The van der Waals surface area contributed by atoms with Crippen molar-refractivity contribution in [1.82, 2.24) is 0 Å². The maximum Gasteiger partial charge on any atom is 0.550 e. The quantitative estimate of drug-likeness (QED) is 0.257. The normalized spacial score (nSPS) is 21.1. The molecule has 146 valence electrons. The number of rotatable bonds is 6. The van der Waals surface area contributed by atoms with Gasteiger partial charge in [0.05, 0.1) is 0 Å². The number of ether oxygens (including phenoxy) is 2. The van der Waals surface area contributed by atoms with Crippen LogP contribution in [0.4, 0.5) is 9.59 Å². The standard InChI is InChI=1S/C20H30O6/c1-3-11-19(13-7-5-8-14-19)23-17(21)25-26-18(22)24-20(12-4-2)15-9-6-10-16-20/h3-4H,1-2,5-16H2. The molecule has 26 heavy (non-hydrogen) atoms. The molecular weight excluding hydrogens is 336 g/mol. The van der Waals surface area contributed by atoms with Gasteiger partial charge < -0.3 is 9.47 Å². The molecule has 0 unspecified atom stereocenters. The Hall–Kier alpha value is -1.98. The first kappa shape index (κ1) is 20.3. The molecular formula is C20H30O6. The van der Waals surface area contributed by atoms with Crippen molar-refractivity contribution in [2.24, 2.45) is 0 Å². The highest BCUT2D eigenvalue weighted by atomic mass is 17.3. The first-order chi connectivity index (χ1) is 12.5. The van der Waals surface area contributed by atoms with Crippen LogP contribution >= 0.6 is 0 Å². The highest BCUT2D eigenvalue weighted by Gasteiger charge is 2.38. The van der Waals surface area contributed by atoms with Crippen molar-refractivity contribution in [3.8, 4) is 0 Å². The SMILES string of the molecule is C=CCC1(OC(=O)OOC(=O)OC2(CC=C)CCCCC2)CCCCC1. The van der Waals surface area contributed by atoms with Crippen LogP contribution < -0.4 is 0 Å². The average Bonchev–Trinajstić information content (AvgIpc) is 2.62. The minimum absolute atomic E-state index is 0.551. The summed E-state index contributed by atoms with van der Waals surface area (Å²) in [6.07, 6.45) is 11.7. The van der Waals surface area contributed by atoms with E-state index in [1.165, 1.54) is 0 Å². The Morgan fingerprint density at radius 3 is 1.35 bits per heavy atom. The zero-order chi connectivity index (χ0) is 18.9. The van der Waals surface area contributed by atoms with Gasteiger partial charge in [-0.3, -0.25) is 0 Å². The molecule has 0 atom stereocenters. The lowest BCUT2D eigenvalue weighted by molar-refractivity contribution is -0.239. The summed E-state index contributed by atoms with van der Waals surface area (Å²) in [4.78, 5) is 33.0. The van der Waals surface area contributed by atoms with Gasteiger partial charge in [0.2, 0.25) is 0 Å². The molecule has 2 aliphatic rings. The Labute approximate surface area is 155 Å². The molecule has 0 aromatic heterocycles. The second kappa shape index (κ2) is 9.64. The molecule has 2 fully saturated rings. The fourth-order valence-electron chi connectivity index (χ4n) is 4.07. The second-order valence-electron chi connectivity index (χ2n) is 7.34. The van der Waals surface area contributed by atoms with Gasteiger partial charge in [0.25, 0.3) is 0 Å². The van der Waals surface area contributed by atoms with E-state index in [1.807, 2.05) is 0 Å². The van der Waals surface area contributed by atoms with Crippen LogP contribution in [0, 0.1) is 0 Å². The van der Waals surface area contributed by atoms with Crippen molar-refractivity contribution in [3.05, 3.63) is 25.3 Å². The molecule has 2 rings (SSSR count). The molecule has 0 radical (unpaired) electrons. The van der Waals surface area contributed by atoms with E-state index in [0.717, 1.165) is 64.2 Å². The zero-order valence-corrected chi connectivity index (χ0v) is 15.5. The molecule has 0 N–H and O–H groups in total. The minimum Gasteiger partial charge on any atom is -0.425 e. The molecule has 0 aromatic carbocycles. The lowest BCUT2D eigenvalue weighted by Gasteiger charge is -2.35. The van der Waals surface area contributed by atoms with E-state index in [2.05, 4.69) is 22.9 Å². The van der Waals surface area contributed by atoms with Crippen LogP contribution in [-0.4, -0.2) is 23.5 Å². The van der Waals surface area contributed by atoms with Crippen LogP contribution in [0.5, 0.6) is 0 Å². The van der Waals surface area contributed by atoms with E-state index >= 15 is 0 Å². The largest absolute Gasteiger partial charge is 0.550 e. The van der Waals surface area contributed by atoms with Crippen molar-refractivity contribution in [3.63, 3.8) is 0 Å². The maximum absolute atomic E-state index is 12.0. The fraction of sp³-hybridized carbons (Fsp3) is 0.700. The Morgan fingerprint density at radius 2 is 1.04 bits per heavy atom. The molecule has 2 aliphatic carbocycles. The van der Waals surface area contributed by atoms with E-state index < -0.39 is 23.5 Å². The Morgan fingerprint density at radius 1 is 0.692 bits per heavy atom. The summed E-state index contributed by atoms with van der Waals surface area (Å²) in [6.45, 7) is 7.45. The van der Waals surface area contributed by atoms with Crippen molar-refractivity contribution in [2.45, 2.75) is 88.3 Å². The van der Waals surface area contributed by atoms with Crippen LogP contribution in [0.15, 0.2) is 25.3 Å². The summed E-state index contributed by atoms with van der Waals surface area (Å²) in [5.74, 6) is 0. The Bertz CT molecular complexity index is 454. The Kier molecular flexibility index (Phi) is 7.54. The van der Waals surface area contributed by atoms with Crippen molar-refractivity contribution >= 4 is 12.3 Å². The summed E-state index contributed by atoms with van der Waals surface area (Å²) in [5, 5.41) is 0. The summed E-state index contributed by atoms with van der Waals surface area (Å²) in [5.41, 5.74) is -1.23. The predicted octanol–water partition coefficient (Wildman–Crippen LogP) is 5.77. The lowest BCUT2D eigenvalue weighted by Crippen LogP contribution is -2.38. The minimum atomic E-state index is -1.02. The number of hydrogen-bond acceptors (Lipinski definition) is 6. The number of hydrogen-bond donors (Lipinski definition) is 0. The molecule has 0 aromatic rings. The van der Waals surface area contributed by atoms with E-state index in [1.54, 1.807) is 12.2 Å². The van der Waals surface area contributed by atoms with Crippen LogP contribution in [0.25, 0.3) is 0 Å². The third kappa shape index (κ3) is 5.78. The third-order valence-corrected chi connectivity index (χ3v) is 5.34. The molecule has 0 bridgehead atoms. The van der Waals surface area contributed by atoms with Gasteiger partial charge in [0, 0.05) is 12.8 Å². The third-order valence-electron chi connectivity index (χ3n) is 5.34. The van der Waals surface area contributed by atoms with Gasteiger partial charge >= 0.3 is 12.3 Å². The van der Waals surface area contributed by atoms with E-state index in [4.69, 9.17) is 9.47 Å². The van der Waals surface area contributed by atoms with Gasteiger partial charge in [-0.15, -0.1) is 13.2 Å². The van der Waals surface area contributed by atoms with Crippen LogP contribution in [0.2, 0.25) is 0 Å². The lowest BCUT2D eigenvalue weighted by atomic mass is 9.82. The second-order valence-corrected chi connectivity index (χ2v) is 7.34. The first-order valence-corrected chi connectivity index (χ1v) is 9.55. The van der Waals surface area contributed by atoms with Gasteiger partial charge in [-0.1, -0.05) is 25.0 Å². The topological polar surface area (TPSA) is 71.1 Å². The number of carbonyl (C=O) groups excluding carboxylic acids is 2. The fourth-order valence-corrected chi connectivity index (χ4v) is 4.07. The summed E-state index contributed by atoms with van der Waals surface area (Å²) >= 11 is 0. The molecule has 0 heterocycles. The van der Waals surface area contributed by atoms with E-state index in [0.29, 0.717) is 12.8 Å². The predicted molar refractivity (Wildman–Crippen MR) is 96.4 cm³/mol. The van der Waals surface area contributed by atoms with Gasteiger partial charge in [-0.25, -0.2) is 0 Å². The monoisotopic (exact) mass is 366 g/mol. The molecule has 0 saturated heterocycles. The maximum atomic E-state index is 12.0. The smallest absolute Gasteiger partial charge is 0.425 e. The van der Waals surface area contributed by atoms with Crippen LogP contribution in [-0.2, 0) is 19.2 Å². The van der Waals surface area contributed by atoms with Crippen LogP contribution in [0.3, 0.4) is 0 Å². The van der Waals surface area contributed by atoms with Crippen molar-refractivity contribution < 1.29 is 28.8 Å².